The van der Waals surface area contributed by atoms with Crippen LogP contribution in [0.2, 0.25) is 0 Å². The monoisotopic (exact) mass is 468 g/mol. The van der Waals surface area contributed by atoms with Crippen LogP contribution >= 0.6 is 15.9 Å². The summed E-state index contributed by atoms with van der Waals surface area (Å²) in [6.45, 7) is 3.17. The van der Waals surface area contributed by atoms with Gasteiger partial charge in [0.2, 0.25) is 0 Å². The summed E-state index contributed by atoms with van der Waals surface area (Å²) in [6, 6.07) is 7.60. The Bertz CT molecular complexity index is 501. The van der Waals surface area contributed by atoms with E-state index in [2.05, 4.69) is 22.9 Å². The molecule has 1 aromatic rings. The molecule has 0 bridgehead atoms. The maximum atomic E-state index is 11.7. The van der Waals surface area contributed by atoms with E-state index in [0.717, 1.165) is 23.1 Å². The van der Waals surface area contributed by atoms with Crippen molar-refractivity contribution in [3.63, 3.8) is 0 Å². The lowest BCUT2D eigenvalue weighted by Gasteiger charge is -2.07. The summed E-state index contributed by atoms with van der Waals surface area (Å²) in [5.41, 5.74) is 0. The van der Waals surface area contributed by atoms with Gasteiger partial charge in [-0.05, 0) is 30.7 Å². The summed E-state index contributed by atoms with van der Waals surface area (Å²) >= 11 is 3.38. The number of hydrogen-bond donors (Lipinski definition) is 0. The van der Waals surface area contributed by atoms with Gasteiger partial charge in [-0.3, -0.25) is 4.79 Å². The molecule has 0 N–H and O–H groups in total. The topological polar surface area (TPSA) is 35.5 Å². The molecule has 3 nitrogen and oxygen atoms in total. The molecule has 0 atom stereocenters. The lowest BCUT2D eigenvalue weighted by atomic mass is 10.0. The Labute approximate surface area is 187 Å². The molecule has 0 amide bonds. The van der Waals surface area contributed by atoms with E-state index in [-0.39, 0.29) is 5.97 Å². The third kappa shape index (κ3) is 16.5. The number of rotatable bonds is 19. The van der Waals surface area contributed by atoms with Crippen molar-refractivity contribution in [3.05, 3.63) is 28.7 Å². The van der Waals surface area contributed by atoms with E-state index in [4.69, 9.17) is 9.47 Å². The van der Waals surface area contributed by atoms with Gasteiger partial charge >= 0.3 is 5.97 Å². The molecule has 0 aromatic heterocycles. The molecule has 4 heteroatoms. The normalized spacial score (nSPS) is 10.8. The summed E-state index contributed by atoms with van der Waals surface area (Å²) in [5, 5.41) is 0. The van der Waals surface area contributed by atoms with Crippen LogP contribution in [0.5, 0.6) is 5.75 Å². The maximum absolute atomic E-state index is 11.7. The molecule has 29 heavy (non-hydrogen) atoms. The molecule has 0 fully saturated rings. The van der Waals surface area contributed by atoms with Crippen molar-refractivity contribution >= 4 is 21.9 Å². The average molecular weight is 470 g/mol. The van der Waals surface area contributed by atoms with Crippen molar-refractivity contribution in [1.82, 2.24) is 0 Å². The first-order valence-corrected chi connectivity index (χ1v) is 12.6. The Balaban J connectivity index is 1.79. The van der Waals surface area contributed by atoms with Crippen LogP contribution in [-0.2, 0) is 9.53 Å². The zero-order chi connectivity index (χ0) is 21.0. The minimum Gasteiger partial charge on any atom is -0.493 e. The van der Waals surface area contributed by atoms with E-state index in [9.17, 15) is 4.79 Å². The molecule has 0 aliphatic carbocycles. The number of halogens is 1. The summed E-state index contributed by atoms with van der Waals surface area (Å²) < 4.78 is 11.8. The second-order valence-electron chi connectivity index (χ2n) is 7.87. The molecule has 0 heterocycles. The highest BCUT2D eigenvalue weighted by atomic mass is 79.9. The SMILES string of the molecule is CCCCCCCCCCCCCCCCOC(=O)CCOc1ccc(Br)cc1. The van der Waals surface area contributed by atoms with Crippen molar-refractivity contribution in [2.75, 3.05) is 13.2 Å². The van der Waals surface area contributed by atoms with Crippen LogP contribution in [0.25, 0.3) is 0 Å². The first-order chi connectivity index (χ1) is 14.2. The van der Waals surface area contributed by atoms with Crippen molar-refractivity contribution in [1.29, 1.82) is 0 Å². The summed E-state index contributed by atoms with van der Waals surface area (Å²) in [5.74, 6) is 0.602. The Morgan fingerprint density at radius 2 is 1.21 bits per heavy atom. The van der Waals surface area contributed by atoms with Gasteiger partial charge in [-0.1, -0.05) is 106 Å². The fraction of sp³-hybridized carbons (Fsp3) is 0.720. The fourth-order valence-electron chi connectivity index (χ4n) is 3.34. The summed E-state index contributed by atoms with van der Waals surface area (Å²) in [4.78, 5) is 11.7. The predicted molar refractivity (Wildman–Crippen MR) is 126 cm³/mol. The van der Waals surface area contributed by atoms with Crippen LogP contribution in [0.4, 0.5) is 0 Å². The van der Waals surface area contributed by atoms with Gasteiger partial charge in [0.25, 0.3) is 0 Å². The first kappa shape index (κ1) is 26.0. The maximum Gasteiger partial charge on any atom is 0.309 e. The van der Waals surface area contributed by atoms with E-state index >= 15 is 0 Å². The van der Waals surface area contributed by atoms with Crippen LogP contribution in [0.3, 0.4) is 0 Å². The van der Waals surface area contributed by atoms with Gasteiger partial charge in [0.1, 0.15) is 5.75 Å². The van der Waals surface area contributed by atoms with Gasteiger partial charge in [-0.15, -0.1) is 0 Å². The molecule has 1 aromatic carbocycles. The number of unbranched alkanes of at least 4 members (excludes halogenated alkanes) is 13. The van der Waals surface area contributed by atoms with Gasteiger partial charge in [0, 0.05) is 4.47 Å². The standard InChI is InChI=1S/C25H41BrO3/c1-2-3-4-5-6-7-8-9-10-11-12-13-14-15-21-29-25(27)20-22-28-24-18-16-23(26)17-19-24/h16-19H,2-15,20-22H2,1H3. The molecule has 0 saturated carbocycles. The van der Waals surface area contributed by atoms with Gasteiger partial charge in [0.05, 0.1) is 19.6 Å². The molecule has 166 valence electrons. The highest BCUT2D eigenvalue weighted by Crippen LogP contribution is 2.16. The average Bonchev–Trinajstić information content (AvgIpc) is 2.72. The number of ether oxygens (including phenoxy) is 2. The highest BCUT2D eigenvalue weighted by molar-refractivity contribution is 9.10. The van der Waals surface area contributed by atoms with Crippen molar-refractivity contribution < 1.29 is 14.3 Å². The number of benzene rings is 1. The molecule has 0 saturated heterocycles. The van der Waals surface area contributed by atoms with Crippen molar-refractivity contribution in [2.24, 2.45) is 0 Å². The number of hydrogen-bond acceptors (Lipinski definition) is 3. The van der Waals surface area contributed by atoms with Gasteiger partial charge in [-0.2, -0.15) is 0 Å². The minimum atomic E-state index is -0.170. The van der Waals surface area contributed by atoms with E-state index in [0.29, 0.717) is 19.6 Å². The van der Waals surface area contributed by atoms with Gasteiger partial charge in [-0.25, -0.2) is 0 Å². The predicted octanol–water partition coefficient (Wildman–Crippen LogP) is 8.24. The van der Waals surface area contributed by atoms with Crippen LogP contribution in [0, 0.1) is 0 Å². The van der Waals surface area contributed by atoms with Gasteiger partial charge < -0.3 is 9.47 Å². The highest BCUT2D eigenvalue weighted by Gasteiger charge is 2.03. The number of esters is 1. The zero-order valence-electron chi connectivity index (χ0n) is 18.4. The van der Waals surface area contributed by atoms with E-state index in [1.54, 1.807) is 0 Å². The smallest absolute Gasteiger partial charge is 0.309 e. The number of carbonyl (C=O) groups is 1. The molecular weight excluding hydrogens is 428 g/mol. The fourth-order valence-corrected chi connectivity index (χ4v) is 3.60. The Kier molecular flexibility index (Phi) is 17.0. The molecule has 0 radical (unpaired) electrons. The lowest BCUT2D eigenvalue weighted by molar-refractivity contribution is -0.144. The van der Waals surface area contributed by atoms with E-state index in [1.807, 2.05) is 24.3 Å². The molecule has 0 spiro atoms. The largest absolute Gasteiger partial charge is 0.493 e. The third-order valence-corrected chi connectivity index (χ3v) is 5.68. The van der Waals surface area contributed by atoms with Crippen molar-refractivity contribution in [2.45, 2.75) is 103 Å². The van der Waals surface area contributed by atoms with Crippen LogP contribution in [0.15, 0.2) is 28.7 Å². The minimum absolute atomic E-state index is 0.170. The quantitative estimate of drug-likeness (QED) is 0.151. The Morgan fingerprint density at radius 1 is 0.724 bits per heavy atom. The molecule has 0 unspecified atom stereocenters. The summed E-state index contributed by atoms with van der Waals surface area (Å²) in [7, 11) is 0. The lowest BCUT2D eigenvalue weighted by Crippen LogP contribution is -2.10. The molecule has 1 rings (SSSR count). The van der Waals surface area contributed by atoms with Crippen LogP contribution in [0.1, 0.15) is 103 Å². The number of carbonyl (C=O) groups excluding carboxylic acids is 1. The molecule has 0 aliphatic rings. The Hall–Kier alpha value is -1.03. The second-order valence-corrected chi connectivity index (χ2v) is 8.78. The van der Waals surface area contributed by atoms with Crippen molar-refractivity contribution in [3.8, 4) is 5.75 Å². The molecular formula is C25H41BrO3. The summed E-state index contributed by atoms with van der Waals surface area (Å²) in [6.07, 6.45) is 19.0. The van der Waals surface area contributed by atoms with E-state index in [1.165, 1.54) is 77.0 Å². The van der Waals surface area contributed by atoms with Gasteiger partial charge in [0.15, 0.2) is 0 Å². The first-order valence-electron chi connectivity index (χ1n) is 11.8. The molecule has 0 aliphatic heterocycles. The van der Waals surface area contributed by atoms with Crippen LogP contribution < -0.4 is 4.74 Å². The Morgan fingerprint density at radius 3 is 1.72 bits per heavy atom. The zero-order valence-corrected chi connectivity index (χ0v) is 20.0. The second kappa shape index (κ2) is 19.0. The van der Waals surface area contributed by atoms with E-state index < -0.39 is 0 Å². The third-order valence-electron chi connectivity index (χ3n) is 5.15. The van der Waals surface area contributed by atoms with Crippen LogP contribution in [-0.4, -0.2) is 19.2 Å².